The number of hydrogen-bond acceptors (Lipinski definition) is 3. The molecule has 1 atom stereocenters. The highest BCUT2D eigenvalue weighted by Gasteiger charge is 2.23. The maximum absolute atomic E-state index is 5.24. The molecule has 1 unspecified atom stereocenters. The van der Waals surface area contributed by atoms with E-state index in [4.69, 9.17) is 4.74 Å². The predicted molar refractivity (Wildman–Crippen MR) is 64.0 cm³/mol. The second-order valence-electron chi connectivity index (χ2n) is 5.51. The lowest BCUT2D eigenvalue weighted by Crippen LogP contribution is -2.50. The van der Waals surface area contributed by atoms with E-state index in [0.717, 1.165) is 13.3 Å². The second-order valence-corrected chi connectivity index (χ2v) is 5.51. The van der Waals surface area contributed by atoms with Gasteiger partial charge in [0.25, 0.3) is 0 Å². The van der Waals surface area contributed by atoms with Crippen molar-refractivity contribution >= 4 is 0 Å². The van der Waals surface area contributed by atoms with Gasteiger partial charge in [0, 0.05) is 31.8 Å². The molecular formula is C12H26N2O. The van der Waals surface area contributed by atoms with Gasteiger partial charge in [0.05, 0.1) is 6.73 Å². The average Bonchev–Trinajstić information content (AvgIpc) is 2.16. The van der Waals surface area contributed by atoms with Gasteiger partial charge in [-0.15, -0.1) is 0 Å². The molecule has 1 saturated heterocycles. The van der Waals surface area contributed by atoms with Crippen LogP contribution in [0.1, 0.15) is 40.0 Å². The van der Waals surface area contributed by atoms with Gasteiger partial charge in [-0.2, -0.15) is 0 Å². The number of nitrogens with zero attached hydrogens (tertiary/aromatic N) is 1. The van der Waals surface area contributed by atoms with Crippen molar-refractivity contribution in [1.29, 1.82) is 0 Å². The molecule has 90 valence electrons. The topological polar surface area (TPSA) is 24.5 Å². The highest BCUT2D eigenvalue weighted by molar-refractivity contribution is 4.81. The smallest absolute Gasteiger partial charge is 0.0989 e. The van der Waals surface area contributed by atoms with Crippen LogP contribution in [0.2, 0.25) is 0 Å². The number of likely N-dealkylation sites (tertiary alicyclic amines) is 1. The zero-order chi connectivity index (χ0) is 11.3. The zero-order valence-corrected chi connectivity index (χ0v) is 10.7. The monoisotopic (exact) mass is 214 g/mol. The summed E-state index contributed by atoms with van der Waals surface area (Å²) < 4.78 is 5.24. The molecule has 1 N–H and O–H groups in total. The van der Waals surface area contributed by atoms with Crippen molar-refractivity contribution in [3.05, 3.63) is 0 Å². The number of piperidine rings is 1. The molecule has 1 rings (SSSR count). The lowest BCUT2D eigenvalue weighted by atomic mass is 10.0. The van der Waals surface area contributed by atoms with Gasteiger partial charge in [0.15, 0.2) is 0 Å². The molecule has 0 bridgehead atoms. The van der Waals surface area contributed by atoms with Crippen LogP contribution in [-0.4, -0.2) is 43.4 Å². The van der Waals surface area contributed by atoms with Gasteiger partial charge < -0.3 is 10.1 Å². The van der Waals surface area contributed by atoms with E-state index in [2.05, 4.69) is 31.0 Å². The van der Waals surface area contributed by atoms with Crippen LogP contribution < -0.4 is 5.32 Å². The first-order chi connectivity index (χ1) is 7.03. The first-order valence-electron chi connectivity index (χ1n) is 6.01. The molecule has 15 heavy (non-hydrogen) atoms. The van der Waals surface area contributed by atoms with Gasteiger partial charge in [0.1, 0.15) is 0 Å². The quantitative estimate of drug-likeness (QED) is 0.773. The molecule has 0 spiro atoms. The Kier molecular flexibility index (Phi) is 5.03. The SMILES string of the molecule is COCN1CCCCC1CNC(C)(C)C. The fourth-order valence-corrected chi connectivity index (χ4v) is 2.05. The third-order valence-electron chi connectivity index (χ3n) is 2.91. The van der Waals surface area contributed by atoms with Crippen LogP contribution in [0.15, 0.2) is 0 Å². The summed E-state index contributed by atoms with van der Waals surface area (Å²) in [5, 5.41) is 3.58. The molecule has 0 aromatic carbocycles. The van der Waals surface area contributed by atoms with E-state index in [-0.39, 0.29) is 5.54 Å². The number of rotatable bonds is 4. The Hall–Kier alpha value is -0.120. The highest BCUT2D eigenvalue weighted by atomic mass is 16.5. The van der Waals surface area contributed by atoms with Crippen molar-refractivity contribution in [2.24, 2.45) is 0 Å². The maximum Gasteiger partial charge on any atom is 0.0989 e. The average molecular weight is 214 g/mol. The molecule has 0 aromatic rings. The van der Waals surface area contributed by atoms with Crippen LogP contribution in [0.5, 0.6) is 0 Å². The van der Waals surface area contributed by atoms with E-state index >= 15 is 0 Å². The zero-order valence-electron chi connectivity index (χ0n) is 10.7. The number of ether oxygens (including phenoxy) is 1. The van der Waals surface area contributed by atoms with E-state index in [9.17, 15) is 0 Å². The summed E-state index contributed by atoms with van der Waals surface area (Å²) in [6.07, 6.45) is 3.97. The molecule has 0 amide bonds. The lowest BCUT2D eigenvalue weighted by molar-refractivity contribution is 0.0137. The van der Waals surface area contributed by atoms with Crippen LogP contribution >= 0.6 is 0 Å². The standard InChI is InChI=1S/C12H26N2O/c1-12(2,3)13-9-11-7-5-6-8-14(11)10-15-4/h11,13H,5-10H2,1-4H3. The first kappa shape index (κ1) is 12.9. The number of hydrogen-bond donors (Lipinski definition) is 1. The summed E-state index contributed by atoms with van der Waals surface area (Å²) >= 11 is 0. The molecule has 0 aromatic heterocycles. The van der Waals surface area contributed by atoms with Crippen molar-refractivity contribution in [3.63, 3.8) is 0 Å². The summed E-state index contributed by atoms with van der Waals surface area (Å²) in [7, 11) is 1.78. The maximum atomic E-state index is 5.24. The Morgan fingerprint density at radius 1 is 1.33 bits per heavy atom. The first-order valence-corrected chi connectivity index (χ1v) is 6.01. The van der Waals surface area contributed by atoms with Gasteiger partial charge in [-0.3, -0.25) is 4.90 Å². The van der Waals surface area contributed by atoms with E-state index in [1.165, 1.54) is 25.8 Å². The van der Waals surface area contributed by atoms with Crippen LogP contribution in [0.4, 0.5) is 0 Å². The summed E-state index contributed by atoms with van der Waals surface area (Å²) in [6.45, 7) is 9.69. The summed E-state index contributed by atoms with van der Waals surface area (Å²) in [6, 6.07) is 0.651. The van der Waals surface area contributed by atoms with Crippen LogP contribution in [0.25, 0.3) is 0 Å². The summed E-state index contributed by atoms with van der Waals surface area (Å²) in [4.78, 5) is 2.45. The minimum absolute atomic E-state index is 0.218. The third-order valence-corrected chi connectivity index (χ3v) is 2.91. The molecular weight excluding hydrogens is 188 g/mol. The molecule has 0 aliphatic carbocycles. The highest BCUT2D eigenvalue weighted by Crippen LogP contribution is 2.16. The van der Waals surface area contributed by atoms with Crippen molar-refractivity contribution in [1.82, 2.24) is 10.2 Å². The molecule has 0 radical (unpaired) electrons. The molecule has 1 heterocycles. The van der Waals surface area contributed by atoms with Gasteiger partial charge in [-0.05, 0) is 33.6 Å². The normalized spacial score (nSPS) is 24.4. The van der Waals surface area contributed by atoms with E-state index in [1.807, 2.05) is 0 Å². The van der Waals surface area contributed by atoms with Gasteiger partial charge in [-0.1, -0.05) is 6.42 Å². The Labute approximate surface area is 94.2 Å². The van der Waals surface area contributed by atoms with E-state index in [0.29, 0.717) is 6.04 Å². The van der Waals surface area contributed by atoms with Crippen molar-refractivity contribution < 1.29 is 4.74 Å². The van der Waals surface area contributed by atoms with Gasteiger partial charge in [0.2, 0.25) is 0 Å². The molecule has 0 saturated carbocycles. The van der Waals surface area contributed by atoms with E-state index in [1.54, 1.807) is 7.11 Å². The Bertz CT molecular complexity index is 175. The fourth-order valence-electron chi connectivity index (χ4n) is 2.05. The number of nitrogens with one attached hydrogen (secondary N) is 1. The minimum atomic E-state index is 0.218. The third kappa shape index (κ3) is 4.96. The van der Waals surface area contributed by atoms with Crippen molar-refractivity contribution in [2.45, 2.75) is 51.6 Å². The molecule has 3 nitrogen and oxygen atoms in total. The van der Waals surface area contributed by atoms with Gasteiger partial charge in [-0.25, -0.2) is 0 Å². The summed E-state index contributed by atoms with van der Waals surface area (Å²) in [5.41, 5.74) is 0.218. The fraction of sp³-hybridized carbons (Fsp3) is 1.00. The Morgan fingerprint density at radius 3 is 2.67 bits per heavy atom. The predicted octanol–water partition coefficient (Wildman–Crippen LogP) is 1.83. The second kappa shape index (κ2) is 5.83. The Balaban J connectivity index is 2.35. The molecule has 3 heteroatoms. The van der Waals surface area contributed by atoms with Gasteiger partial charge >= 0.3 is 0 Å². The van der Waals surface area contributed by atoms with Crippen LogP contribution in [0.3, 0.4) is 0 Å². The largest absolute Gasteiger partial charge is 0.369 e. The lowest BCUT2D eigenvalue weighted by Gasteiger charge is -2.36. The minimum Gasteiger partial charge on any atom is -0.369 e. The van der Waals surface area contributed by atoms with Crippen LogP contribution in [0, 0.1) is 0 Å². The molecule has 1 aliphatic rings. The number of methoxy groups -OCH3 is 1. The van der Waals surface area contributed by atoms with Crippen molar-refractivity contribution in [3.8, 4) is 0 Å². The Morgan fingerprint density at radius 2 is 2.07 bits per heavy atom. The van der Waals surface area contributed by atoms with Crippen LogP contribution in [-0.2, 0) is 4.74 Å². The molecule has 1 aliphatic heterocycles. The van der Waals surface area contributed by atoms with E-state index < -0.39 is 0 Å². The molecule has 1 fully saturated rings. The van der Waals surface area contributed by atoms with Crippen molar-refractivity contribution in [2.75, 3.05) is 26.9 Å². The summed E-state index contributed by atoms with van der Waals surface area (Å²) in [5.74, 6) is 0.